The van der Waals surface area contributed by atoms with Gasteiger partial charge in [-0.05, 0) is 31.2 Å². The van der Waals surface area contributed by atoms with Crippen molar-refractivity contribution < 1.29 is 9.32 Å². The third kappa shape index (κ3) is 2.35. The van der Waals surface area contributed by atoms with Gasteiger partial charge in [0.25, 0.3) is 5.91 Å². The maximum absolute atomic E-state index is 12.0. The van der Waals surface area contributed by atoms with Crippen LogP contribution in [0.2, 0.25) is 0 Å². The Morgan fingerprint density at radius 2 is 2.26 bits per heavy atom. The molecular weight excluding hydrogens is 242 g/mol. The summed E-state index contributed by atoms with van der Waals surface area (Å²) in [4.78, 5) is 15.1. The number of nitrogens with one attached hydrogen (secondary N) is 2. The summed E-state index contributed by atoms with van der Waals surface area (Å²) in [5.74, 6) is 0.519. The third-order valence-corrected chi connectivity index (χ3v) is 2.92. The van der Waals surface area contributed by atoms with E-state index in [1.54, 1.807) is 12.1 Å². The SMILES string of the molecule is Cc1cc(CNC(=O)c2ccc3[nH]ccc3c2)on1. The molecule has 0 aliphatic rings. The van der Waals surface area contributed by atoms with Crippen LogP contribution in [0.4, 0.5) is 0 Å². The van der Waals surface area contributed by atoms with E-state index >= 15 is 0 Å². The zero-order chi connectivity index (χ0) is 13.2. The summed E-state index contributed by atoms with van der Waals surface area (Å²) in [6, 6.07) is 9.27. The lowest BCUT2D eigenvalue weighted by molar-refractivity contribution is 0.0947. The van der Waals surface area contributed by atoms with Gasteiger partial charge in [-0.25, -0.2) is 0 Å². The molecule has 1 amide bonds. The van der Waals surface area contributed by atoms with Crippen LogP contribution in [0.1, 0.15) is 21.8 Å². The second-order valence-corrected chi connectivity index (χ2v) is 4.40. The average molecular weight is 255 g/mol. The minimum Gasteiger partial charge on any atom is -0.361 e. The van der Waals surface area contributed by atoms with Crippen LogP contribution < -0.4 is 5.32 Å². The molecule has 2 heterocycles. The molecule has 3 rings (SSSR count). The first-order valence-corrected chi connectivity index (χ1v) is 6.00. The fraction of sp³-hybridized carbons (Fsp3) is 0.143. The first-order chi connectivity index (χ1) is 9.22. The fourth-order valence-corrected chi connectivity index (χ4v) is 1.96. The van der Waals surface area contributed by atoms with Gasteiger partial charge in [-0.2, -0.15) is 0 Å². The van der Waals surface area contributed by atoms with Crippen LogP contribution in [0.5, 0.6) is 0 Å². The molecule has 0 saturated heterocycles. The molecule has 0 fully saturated rings. The Morgan fingerprint density at radius 1 is 1.37 bits per heavy atom. The van der Waals surface area contributed by atoms with Crippen LogP contribution in [0.15, 0.2) is 41.1 Å². The molecule has 5 heteroatoms. The molecule has 5 nitrogen and oxygen atoms in total. The zero-order valence-corrected chi connectivity index (χ0v) is 10.4. The van der Waals surface area contributed by atoms with E-state index in [-0.39, 0.29) is 5.91 Å². The van der Waals surface area contributed by atoms with Crippen LogP contribution in [0.25, 0.3) is 10.9 Å². The van der Waals surface area contributed by atoms with Crippen LogP contribution >= 0.6 is 0 Å². The van der Waals surface area contributed by atoms with Gasteiger partial charge in [0.1, 0.15) is 0 Å². The van der Waals surface area contributed by atoms with E-state index < -0.39 is 0 Å². The van der Waals surface area contributed by atoms with Crippen molar-refractivity contribution in [2.24, 2.45) is 0 Å². The molecule has 0 saturated carbocycles. The van der Waals surface area contributed by atoms with Gasteiger partial charge in [0.05, 0.1) is 12.2 Å². The summed E-state index contributed by atoms with van der Waals surface area (Å²) in [7, 11) is 0. The molecule has 0 atom stereocenters. The summed E-state index contributed by atoms with van der Waals surface area (Å²) in [6.07, 6.45) is 1.85. The van der Waals surface area contributed by atoms with Crippen molar-refractivity contribution in [3.63, 3.8) is 0 Å². The maximum Gasteiger partial charge on any atom is 0.251 e. The second-order valence-electron chi connectivity index (χ2n) is 4.40. The van der Waals surface area contributed by atoms with E-state index in [1.165, 1.54) is 0 Å². The van der Waals surface area contributed by atoms with E-state index in [9.17, 15) is 4.79 Å². The number of benzene rings is 1. The van der Waals surface area contributed by atoms with Gasteiger partial charge in [-0.15, -0.1) is 0 Å². The maximum atomic E-state index is 12.0. The van der Waals surface area contributed by atoms with Crippen molar-refractivity contribution in [1.29, 1.82) is 0 Å². The molecule has 2 N–H and O–H groups in total. The van der Waals surface area contributed by atoms with Crippen molar-refractivity contribution in [3.05, 3.63) is 53.5 Å². The molecule has 0 spiro atoms. The van der Waals surface area contributed by atoms with Crippen LogP contribution in [0, 0.1) is 6.92 Å². The number of hydrogen-bond donors (Lipinski definition) is 2. The molecule has 0 bridgehead atoms. The Hall–Kier alpha value is -2.56. The van der Waals surface area contributed by atoms with Gasteiger partial charge in [0.2, 0.25) is 0 Å². The van der Waals surface area contributed by atoms with Crippen LogP contribution in [-0.4, -0.2) is 16.0 Å². The summed E-state index contributed by atoms with van der Waals surface area (Å²) < 4.78 is 5.04. The number of nitrogens with zero attached hydrogens (tertiary/aromatic N) is 1. The second kappa shape index (κ2) is 4.61. The van der Waals surface area contributed by atoms with Gasteiger partial charge < -0.3 is 14.8 Å². The topological polar surface area (TPSA) is 70.9 Å². The number of aryl methyl sites for hydroxylation is 1. The predicted molar refractivity (Wildman–Crippen MR) is 70.7 cm³/mol. The van der Waals surface area contributed by atoms with E-state index in [2.05, 4.69) is 15.5 Å². The van der Waals surface area contributed by atoms with E-state index in [1.807, 2.05) is 31.3 Å². The highest BCUT2D eigenvalue weighted by molar-refractivity contribution is 5.97. The van der Waals surface area contributed by atoms with Crippen LogP contribution in [-0.2, 0) is 6.54 Å². The van der Waals surface area contributed by atoms with E-state index in [4.69, 9.17) is 4.52 Å². The lowest BCUT2D eigenvalue weighted by Crippen LogP contribution is -2.22. The highest BCUT2D eigenvalue weighted by atomic mass is 16.5. The standard InChI is InChI=1S/C14H13N3O2/c1-9-6-12(19-17-9)8-16-14(18)11-2-3-13-10(7-11)4-5-15-13/h2-7,15H,8H2,1H3,(H,16,18). The number of aromatic amines is 1. The number of rotatable bonds is 3. The summed E-state index contributed by atoms with van der Waals surface area (Å²) >= 11 is 0. The number of fused-ring (bicyclic) bond motifs is 1. The van der Waals surface area contributed by atoms with Crippen molar-refractivity contribution in [1.82, 2.24) is 15.5 Å². The van der Waals surface area contributed by atoms with Gasteiger partial charge in [0, 0.05) is 28.7 Å². The molecule has 1 aromatic carbocycles. The Labute approximate surface area is 109 Å². The predicted octanol–water partition coefficient (Wildman–Crippen LogP) is 2.39. The van der Waals surface area contributed by atoms with Crippen LogP contribution in [0.3, 0.4) is 0 Å². The summed E-state index contributed by atoms with van der Waals surface area (Å²) in [6.45, 7) is 2.18. The zero-order valence-electron chi connectivity index (χ0n) is 10.4. The number of aromatic nitrogens is 2. The highest BCUT2D eigenvalue weighted by Gasteiger charge is 2.08. The molecule has 19 heavy (non-hydrogen) atoms. The summed E-state index contributed by atoms with van der Waals surface area (Å²) in [5.41, 5.74) is 2.45. The fourth-order valence-electron chi connectivity index (χ4n) is 1.96. The molecule has 0 unspecified atom stereocenters. The minimum absolute atomic E-state index is 0.128. The Balaban J connectivity index is 1.72. The largest absolute Gasteiger partial charge is 0.361 e. The monoisotopic (exact) mass is 255 g/mol. The van der Waals surface area contributed by atoms with Crippen molar-refractivity contribution in [3.8, 4) is 0 Å². The van der Waals surface area contributed by atoms with Gasteiger partial charge in [-0.1, -0.05) is 5.16 Å². The molecule has 96 valence electrons. The van der Waals surface area contributed by atoms with Crippen molar-refractivity contribution in [2.75, 3.05) is 0 Å². The molecule has 3 aromatic rings. The number of H-pyrrole nitrogens is 1. The first kappa shape index (κ1) is 11.5. The number of hydrogen-bond acceptors (Lipinski definition) is 3. The highest BCUT2D eigenvalue weighted by Crippen LogP contribution is 2.14. The number of carbonyl (C=O) groups is 1. The molecule has 0 radical (unpaired) electrons. The van der Waals surface area contributed by atoms with Gasteiger partial charge in [-0.3, -0.25) is 4.79 Å². The van der Waals surface area contributed by atoms with Gasteiger partial charge in [0.15, 0.2) is 5.76 Å². The first-order valence-electron chi connectivity index (χ1n) is 6.00. The number of carbonyl (C=O) groups excluding carboxylic acids is 1. The summed E-state index contributed by atoms with van der Waals surface area (Å²) in [5, 5.41) is 7.59. The molecule has 0 aliphatic heterocycles. The minimum atomic E-state index is -0.128. The smallest absolute Gasteiger partial charge is 0.251 e. The van der Waals surface area contributed by atoms with E-state index in [0.717, 1.165) is 16.6 Å². The molecule has 2 aromatic heterocycles. The average Bonchev–Trinajstić information content (AvgIpc) is 3.03. The lowest BCUT2D eigenvalue weighted by Gasteiger charge is -2.03. The number of amides is 1. The Kier molecular flexibility index (Phi) is 2.79. The molecule has 0 aliphatic carbocycles. The van der Waals surface area contributed by atoms with E-state index in [0.29, 0.717) is 17.9 Å². The van der Waals surface area contributed by atoms with Crippen molar-refractivity contribution in [2.45, 2.75) is 13.5 Å². The quantitative estimate of drug-likeness (QED) is 0.755. The molecular formula is C14H13N3O2. The Morgan fingerprint density at radius 3 is 3.05 bits per heavy atom. The lowest BCUT2D eigenvalue weighted by atomic mass is 10.1. The van der Waals surface area contributed by atoms with Gasteiger partial charge >= 0.3 is 0 Å². The van der Waals surface area contributed by atoms with Crippen molar-refractivity contribution >= 4 is 16.8 Å². The Bertz CT molecular complexity index is 727. The normalized spacial score (nSPS) is 10.8. The third-order valence-electron chi connectivity index (χ3n) is 2.92.